The molecule has 0 aromatic heterocycles. The van der Waals surface area contributed by atoms with Gasteiger partial charge in [0.25, 0.3) is 20.0 Å². The molecule has 2 aromatic rings. The number of nitrogens with zero attached hydrogens (tertiary/aromatic N) is 1. The number of halogens is 2. The molecule has 29 heavy (non-hydrogen) atoms. The van der Waals surface area contributed by atoms with E-state index in [1.165, 1.54) is 18.2 Å². The number of hydrogen-bond donors (Lipinski definition) is 2. The Hall–Kier alpha value is -2.53. The first-order valence-corrected chi connectivity index (χ1v) is 11.8. The standard InChI is InChI=1S/C18H19F2N3O4S2/c19-16-9-8-15(12-17(16)20)28(24,25)22-13-5-4-6-14(11-13)29(26,27)23-18-7-2-1-3-10-21-18/h4-6,8-9,11-12,22H,1-3,7,10H2,(H,21,23). The summed E-state index contributed by atoms with van der Waals surface area (Å²) in [6.45, 7) is 0.548. The quantitative estimate of drug-likeness (QED) is 0.741. The van der Waals surface area contributed by atoms with Crippen molar-refractivity contribution in [3.8, 4) is 0 Å². The van der Waals surface area contributed by atoms with Crippen molar-refractivity contribution in [2.45, 2.75) is 35.5 Å². The molecule has 156 valence electrons. The third-order valence-electron chi connectivity index (χ3n) is 4.22. The summed E-state index contributed by atoms with van der Waals surface area (Å²) >= 11 is 0. The molecule has 2 aromatic carbocycles. The van der Waals surface area contributed by atoms with Crippen LogP contribution in [0.2, 0.25) is 0 Å². The average Bonchev–Trinajstić information content (AvgIpc) is 2.92. The van der Waals surface area contributed by atoms with Crippen LogP contribution < -0.4 is 9.44 Å². The van der Waals surface area contributed by atoms with Gasteiger partial charge in [0, 0.05) is 13.0 Å². The summed E-state index contributed by atoms with van der Waals surface area (Å²) in [6, 6.07) is 7.32. The second kappa shape index (κ2) is 8.46. The molecule has 0 fully saturated rings. The van der Waals surface area contributed by atoms with Gasteiger partial charge >= 0.3 is 0 Å². The number of hydrogen-bond acceptors (Lipinski definition) is 5. The van der Waals surface area contributed by atoms with Gasteiger partial charge in [-0.3, -0.25) is 14.4 Å². The lowest BCUT2D eigenvalue weighted by molar-refractivity contribution is 0.504. The Labute approximate surface area is 168 Å². The molecule has 0 spiro atoms. The smallest absolute Gasteiger partial charge is 0.262 e. The molecule has 0 aliphatic carbocycles. The van der Waals surface area contributed by atoms with Crippen molar-refractivity contribution in [1.29, 1.82) is 0 Å². The van der Waals surface area contributed by atoms with Gasteiger partial charge in [0.2, 0.25) is 0 Å². The van der Waals surface area contributed by atoms with Crippen molar-refractivity contribution in [2.24, 2.45) is 4.99 Å². The summed E-state index contributed by atoms with van der Waals surface area (Å²) < 4.78 is 81.0. The predicted octanol–water partition coefficient (Wildman–Crippen LogP) is 3.02. The molecule has 0 unspecified atom stereocenters. The maximum Gasteiger partial charge on any atom is 0.262 e. The molecule has 0 radical (unpaired) electrons. The Morgan fingerprint density at radius 3 is 2.28 bits per heavy atom. The van der Waals surface area contributed by atoms with E-state index in [-0.39, 0.29) is 10.6 Å². The molecular formula is C18H19F2N3O4S2. The van der Waals surface area contributed by atoms with Crippen molar-refractivity contribution in [3.63, 3.8) is 0 Å². The fraction of sp³-hybridized carbons (Fsp3) is 0.278. The van der Waals surface area contributed by atoms with Gasteiger partial charge in [-0.25, -0.2) is 25.6 Å². The van der Waals surface area contributed by atoms with E-state index in [2.05, 4.69) is 14.4 Å². The van der Waals surface area contributed by atoms with E-state index in [1.54, 1.807) is 0 Å². The maximum absolute atomic E-state index is 13.4. The van der Waals surface area contributed by atoms with Gasteiger partial charge in [0.05, 0.1) is 15.5 Å². The minimum atomic E-state index is -4.24. The molecule has 0 amide bonds. The first-order chi connectivity index (χ1) is 13.7. The molecule has 7 nitrogen and oxygen atoms in total. The van der Waals surface area contributed by atoms with Gasteiger partial charge in [-0.15, -0.1) is 0 Å². The Morgan fingerprint density at radius 2 is 1.52 bits per heavy atom. The number of sulfonamides is 2. The van der Waals surface area contributed by atoms with Crippen LogP contribution in [0.1, 0.15) is 25.7 Å². The van der Waals surface area contributed by atoms with Gasteiger partial charge in [0.1, 0.15) is 5.84 Å². The van der Waals surface area contributed by atoms with Crippen LogP contribution in [-0.2, 0) is 20.0 Å². The van der Waals surface area contributed by atoms with Crippen molar-refractivity contribution in [3.05, 3.63) is 54.1 Å². The van der Waals surface area contributed by atoms with Crippen molar-refractivity contribution in [2.75, 3.05) is 11.3 Å². The molecule has 1 heterocycles. The summed E-state index contributed by atoms with van der Waals surface area (Å²) in [5.41, 5.74) is -0.0413. The Balaban J connectivity index is 1.83. The zero-order chi connectivity index (χ0) is 21.1. The molecule has 3 rings (SSSR count). The highest BCUT2D eigenvalue weighted by Crippen LogP contribution is 2.21. The van der Waals surface area contributed by atoms with Crippen LogP contribution in [0.3, 0.4) is 0 Å². The molecule has 2 N–H and O–H groups in total. The third-order valence-corrected chi connectivity index (χ3v) is 6.98. The highest BCUT2D eigenvalue weighted by atomic mass is 32.2. The Morgan fingerprint density at radius 1 is 0.793 bits per heavy atom. The van der Waals surface area contributed by atoms with E-state index >= 15 is 0 Å². The first-order valence-electron chi connectivity index (χ1n) is 8.81. The topological polar surface area (TPSA) is 105 Å². The van der Waals surface area contributed by atoms with Crippen molar-refractivity contribution < 1.29 is 25.6 Å². The average molecular weight is 443 g/mol. The van der Waals surface area contributed by atoms with E-state index in [1.807, 2.05) is 0 Å². The van der Waals surface area contributed by atoms with Crippen LogP contribution in [0.5, 0.6) is 0 Å². The molecule has 0 saturated carbocycles. The van der Waals surface area contributed by atoms with Crippen molar-refractivity contribution in [1.82, 2.24) is 4.72 Å². The SMILES string of the molecule is O=S(=O)(NC1=NCCCCC1)c1cccc(NS(=O)(=O)c2ccc(F)c(F)c2)c1. The summed E-state index contributed by atoms with van der Waals surface area (Å²) in [5, 5.41) is 0. The number of benzene rings is 2. The van der Waals surface area contributed by atoms with Crippen molar-refractivity contribution >= 4 is 31.6 Å². The molecule has 1 aliphatic rings. The number of amidine groups is 1. The highest BCUT2D eigenvalue weighted by Gasteiger charge is 2.20. The summed E-state index contributed by atoms with van der Waals surface area (Å²) in [5.74, 6) is -2.11. The number of anilines is 1. The third kappa shape index (κ3) is 5.30. The van der Waals surface area contributed by atoms with Crippen LogP contribution in [-0.4, -0.2) is 29.2 Å². The highest BCUT2D eigenvalue weighted by molar-refractivity contribution is 7.92. The molecule has 1 aliphatic heterocycles. The maximum atomic E-state index is 13.4. The van der Waals surface area contributed by atoms with Gasteiger partial charge in [-0.2, -0.15) is 0 Å². The molecule has 0 bridgehead atoms. The lowest BCUT2D eigenvalue weighted by Gasteiger charge is -2.12. The van der Waals surface area contributed by atoms with Gasteiger partial charge in [-0.1, -0.05) is 12.5 Å². The number of rotatable bonds is 5. The minimum absolute atomic E-state index is 0.0413. The molecule has 11 heteroatoms. The van der Waals surface area contributed by atoms with Crippen LogP contribution in [0.4, 0.5) is 14.5 Å². The Bertz CT molecular complexity index is 1150. The monoisotopic (exact) mass is 443 g/mol. The largest absolute Gasteiger partial charge is 0.280 e. The van der Waals surface area contributed by atoms with Crippen LogP contribution >= 0.6 is 0 Å². The summed E-state index contributed by atoms with van der Waals surface area (Å²) in [6.07, 6.45) is 3.21. The zero-order valence-corrected chi connectivity index (χ0v) is 16.9. The van der Waals surface area contributed by atoms with E-state index in [4.69, 9.17) is 0 Å². The lowest BCUT2D eigenvalue weighted by Crippen LogP contribution is -2.30. The fourth-order valence-corrected chi connectivity index (χ4v) is 4.95. The van der Waals surface area contributed by atoms with Crippen LogP contribution in [0.25, 0.3) is 0 Å². The lowest BCUT2D eigenvalue weighted by atomic mass is 10.2. The summed E-state index contributed by atoms with van der Waals surface area (Å²) in [4.78, 5) is 3.57. The second-order valence-electron chi connectivity index (χ2n) is 6.45. The minimum Gasteiger partial charge on any atom is -0.280 e. The van der Waals surface area contributed by atoms with Crippen LogP contribution in [0, 0.1) is 11.6 Å². The van der Waals surface area contributed by atoms with Crippen LogP contribution in [0.15, 0.2) is 57.2 Å². The second-order valence-corrected chi connectivity index (χ2v) is 9.82. The molecular weight excluding hydrogens is 424 g/mol. The molecule has 0 saturated heterocycles. The van der Waals surface area contributed by atoms with E-state index in [9.17, 15) is 25.6 Å². The van der Waals surface area contributed by atoms with Gasteiger partial charge in [-0.05, 0) is 49.2 Å². The number of aliphatic imine (C=N–C) groups is 1. The normalized spacial score (nSPS) is 15.3. The number of nitrogens with one attached hydrogen (secondary N) is 2. The zero-order valence-electron chi connectivity index (χ0n) is 15.2. The van der Waals surface area contributed by atoms with E-state index < -0.39 is 36.6 Å². The Kier molecular flexibility index (Phi) is 6.18. The predicted molar refractivity (Wildman–Crippen MR) is 105 cm³/mol. The molecule has 0 atom stereocenters. The summed E-state index contributed by atoms with van der Waals surface area (Å²) in [7, 11) is -8.20. The fourth-order valence-electron chi connectivity index (χ4n) is 2.76. The van der Waals surface area contributed by atoms with Gasteiger partial charge < -0.3 is 0 Å². The first kappa shape index (κ1) is 21.2. The van der Waals surface area contributed by atoms with E-state index in [0.29, 0.717) is 30.9 Å². The van der Waals surface area contributed by atoms with Gasteiger partial charge in [0.15, 0.2) is 11.6 Å². The van der Waals surface area contributed by atoms with E-state index in [0.717, 1.165) is 31.4 Å².